The summed E-state index contributed by atoms with van der Waals surface area (Å²) in [6.45, 7) is 0. The van der Waals surface area contributed by atoms with E-state index in [4.69, 9.17) is 5.26 Å². The van der Waals surface area contributed by atoms with Crippen LogP contribution >= 0.6 is 0 Å². The van der Waals surface area contributed by atoms with Crippen LogP contribution in [0.3, 0.4) is 0 Å². The van der Waals surface area contributed by atoms with Gasteiger partial charge in [-0.1, -0.05) is 18.2 Å². The Hall–Kier alpha value is -1.62. The first kappa shape index (κ1) is 16.2. The van der Waals surface area contributed by atoms with Gasteiger partial charge in [0.15, 0.2) is 0 Å². The van der Waals surface area contributed by atoms with Crippen LogP contribution in [0.25, 0.3) is 0 Å². The number of halogens is 1. The minimum absolute atomic E-state index is 0.135. The van der Waals surface area contributed by atoms with E-state index < -0.39 is 0 Å². The number of rotatable bonds is 3. The van der Waals surface area contributed by atoms with Gasteiger partial charge in [0, 0.05) is 6.08 Å². The molecular formula is C21H26FN. The average molecular weight is 311 g/mol. The van der Waals surface area contributed by atoms with Gasteiger partial charge < -0.3 is 0 Å². The van der Waals surface area contributed by atoms with Crippen molar-refractivity contribution < 1.29 is 4.39 Å². The van der Waals surface area contributed by atoms with Crippen LogP contribution in [0.15, 0.2) is 36.4 Å². The lowest BCUT2D eigenvalue weighted by atomic mass is 9.68. The Morgan fingerprint density at radius 2 is 1.43 bits per heavy atom. The smallest absolute Gasteiger partial charge is 0.123 e. The second kappa shape index (κ2) is 7.77. The van der Waals surface area contributed by atoms with Crippen LogP contribution in [-0.2, 0) is 0 Å². The summed E-state index contributed by atoms with van der Waals surface area (Å²) in [4.78, 5) is 0. The number of benzene rings is 1. The first-order valence-corrected chi connectivity index (χ1v) is 9.08. The van der Waals surface area contributed by atoms with Gasteiger partial charge in [-0.15, -0.1) is 0 Å². The van der Waals surface area contributed by atoms with E-state index in [1.807, 2.05) is 12.1 Å². The van der Waals surface area contributed by atoms with Crippen molar-refractivity contribution >= 4 is 0 Å². The van der Waals surface area contributed by atoms with Gasteiger partial charge in [-0.25, -0.2) is 4.39 Å². The summed E-state index contributed by atoms with van der Waals surface area (Å²) in [5, 5.41) is 8.63. The summed E-state index contributed by atoms with van der Waals surface area (Å²) in [6.07, 6.45) is 14.1. The third kappa shape index (κ3) is 4.22. The fraction of sp³-hybridized carbons (Fsp3) is 0.571. The predicted octanol–water partition coefficient (Wildman–Crippen LogP) is 5.99. The van der Waals surface area contributed by atoms with Crippen LogP contribution < -0.4 is 0 Å². The highest BCUT2D eigenvalue weighted by Crippen LogP contribution is 2.44. The van der Waals surface area contributed by atoms with Crippen molar-refractivity contribution in [1.29, 1.82) is 5.26 Å². The lowest BCUT2D eigenvalue weighted by molar-refractivity contribution is 0.171. The topological polar surface area (TPSA) is 23.8 Å². The zero-order valence-corrected chi connectivity index (χ0v) is 13.8. The van der Waals surface area contributed by atoms with E-state index >= 15 is 0 Å². The average Bonchev–Trinajstić information content (AvgIpc) is 2.61. The van der Waals surface area contributed by atoms with Crippen LogP contribution in [0.2, 0.25) is 0 Å². The Labute approximate surface area is 139 Å². The molecule has 0 heterocycles. The van der Waals surface area contributed by atoms with E-state index in [2.05, 4.69) is 12.1 Å². The highest BCUT2D eigenvalue weighted by Gasteiger charge is 2.30. The standard InChI is InChI=1S/C21H26FN/c22-21-13-11-20(12-14-21)19-9-7-18(8-10-19)17-5-3-16(4-6-17)2-1-15-23/h1-2,11-14,16-19H,3-10H2/b2-1+. The summed E-state index contributed by atoms with van der Waals surface area (Å²) in [5.41, 5.74) is 1.31. The molecule has 1 nitrogen and oxygen atoms in total. The van der Waals surface area contributed by atoms with Gasteiger partial charge in [-0.2, -0.15) is 5.26 Å². The van der Waals surface area contributed by atoms with Crippen LogP contribution in [0.5, 0.6) is 0 Å². The molecule has 0 amide bonds. The molecule has 0 radical (unpaired) electrons. The fourth-order valence-electron chi connectivity index (χ4n) is 4.65. The van der Waals surface area contributed by atoms with E-state index in [-0.39, 0.29) is 5.82 Å². The Morgan fingerprint density at radius 1 is 0.870 bits per heavy atom. The highest BCUT2D eigenvalue weighted by atomic mass is 19.1. The van der Waals surface area contributed by atoms with E-state index in [1.54, 1.807) is 18.2 Å². The zero-order valence-electron chi connectivity index (χ0n) is 13.8. The molecule has 0 unspecified atom stereocenters. The van der Waals surface area contributed by atoms with Crippen molar-refractivity contribution in [2.45, 2.75) is 57.3 Å². The molecule has 0 N–H and O–H groups in total. The van der Waals surface area contributed by atoms with Crippen molar-refractivity contribution in [3.63, 3.8) is 0 Å². The molecule has 122 valence electrons. The molecule has 2 aliphatic carbocycles. The number of hydrogen-bond donors (Lipinski definition) is 0. The minimum atomic E-state index is -0.135. The zero-order chi connectivity index (χ0) is 16.1. The summed E-state index contributed by atoms with van der Waals surface area (Å²) in [6, 6.07) is 9.23. The van der Waals surface area contributed by atoms with Crippen molar-refractivity contribution in [2.75, 3.05) is 0 Å². The van der Waals surface area contributed by atoms with Gasteiger partial charge in [0.2, 0.25) is 0 Å². The van der Waals surface area contributed by atoms with Gasteiger partial charge in [-0.3, -0.25) is 0 Å². The second-order valence-corrected chi connectivity index (χ2v) is 7.33. The quantitative estimate of drug-likeness (QED) is 0.629. The lowest BCUT2D eigenvalue weighted by Gasteiger charge is -2.37. The Balaban J connectivity index is 1.47. The summed E-state index contributed by atoms with van der Waals surface area (Å²) >= 11 is 0. The van der Waals surface area contributed by atoms with E-state index in [0.717, 1.165) is 11.8 Å². The summed E-state index contributed by atoms with van der Waals surface area (Å²) in [7, 11) is 0. The van der Waals surface area contributed by atoms with Crippen LogP contribution in [0.4, 0.5) is 4.39 Å². The third-order valence-corrected chi connectivity index (χ3v) is 6.04. The maximum Gasteiger partial charge on any atom is 0.123 e. The van der Waals surface area contributed by atoms with Crippen molar-refractivity contribution in [2.24, 2.45) is 17.8 Å². The van der Waals surface area contributed by atoms with Crippen molar-refractivity contribution in [1.82, 2.24) is 0 Å². The molecule has 2 heteroatoms. The maximum atomic E-state index is 13.0. The molecule has 2 saturated carbocycles. The van der Waals surface area contributed by atoms with Crippen LogP contribution in [0, 0.1) is 34.9 Å². The number of allylic oxidation sites excluding steroid dienone is 2. The fourth-order valence-corrected chi connectivity index (χ4v) is 4.65. The Morgan fingerprint density at radius 3 is 2.00 bits per heavy atom. The molecule has 1 aromatic rings. The molecule has 1 aromatic carbocycles. The molecule has 2 aliphatic rings. The molecule has 23 heavy (non-hydrogen) atoms. The molecule has 3 rings (SSSR count). The van der Waals surface area contributed by atoms with E-state index in [9.17, 15) is 4.39 Å². The first-order valence-electron chi connectivity index (χ1n) is 9.08. The monoisotopic (exact) mass is 311 g/mol. The maximum absolute atomic E-state index is 13.0. The van der Waals surface area contributed by atoms with Gasteiger partial charge in [0.25, 0.3) is 0 Å². The molecule has 0 saturated heterocycles. The predicted molar refractivity (Wildman–Crippen MR) is 91.3 cm³/mol. The Kier molecular flexibility index (Phi) is 5.49. The number of nitrogens with zero attached hydrogens (tertiary/aromatic N) is 1. The largest absolute Gasteiger partial charge is 0.207 e. The molecule has 0 aliphatic heterocycles. The SMILES string of the molecule is N#C/C=C/C1CCC(C2CCC(c3ccc(F)cc3)CC2)CC1. The summed E-state index contributed by atoms with van der Waals surface area (Å²) in [5.74, 6) is 2.89. The van der Waals surface area contributed by atoms with Crippen LogP contribution in [-0.4, -0.2) is 0 Å². The minimum Gasteiger partial charge on any atom is -0.207 e. The molecule has 0 spiro atoms. The van der Waals surface area contributed by atoms with Gasteiger partial charge in [-0.05, 0) is 92.7 Å². The lowest BCUT2D eigenvalue weighted by Crippen LogP contribution is -2.25. The summed E-state index contributed by atoms with van der Waals surface area (Å²) < 4.78 is 13.0. The van der Waals surface area contributed by atoms with Crippen molar-refractivity contribution in [3.8, 4) is 6.07 Å². The third-order valence-electron chi connectivity index (χ3n) is 6.04. The Bertz CT molecular complexity index is 552. The van der Waals surface area contributed by atoms with Crippen molar-refractivity contribution in [3.05, 3.63) is 47.8 Å². The van der Waals surface area contributed by atoms with Gasteiger partial charge in [0.1, 0.15) is 5.82 Å². The van der Waals surface area contributed by atoms with Gasteiger partial charge >= 0.3 is 0 Å². The molecule has 0 atom stereocenters. The number of hydrogen-bond acceptors (Lipinski definition) is 1. The van der Waals surface area contributed by atoms with Crippen LogP contribution in [0.1, 0.15) is 62.8 Å². The molecular weight excluding hydrogens is 285 g/mol. The second-order valence-electron chi connectivity index (χ2n) is 7.33. The molecule has 0 bridgehead atoms. The first-order chi connectivity index (χ1) is 11.3. The number of nitriles is 1. The normalized spacial score (nSPS) is 31.8. The van der Waals surface area contributed by atoms with E-state index in [1.165, 1.54) is 56.9 Å². The molecule has 0 aromatic heterocycles. The van der Waals surface area contributed by atoms with E-state index in [0.29, 0.717) is 11.8 Å². The van der Waals surface area contributed by atoms with Gasteiger partial charge in [0.05, 0.1) is 6.07 Å². The molecule has 2 fully saturated rings. The highest BCUT2D eigenvalue weighted by molar-refractivity contribution is 5.21.